The maximum Gasteiger partial charge on any atom is 0.363 e. The van der Waals surface area contributed by atoms with Crippen LogP contribution < -0.4 is 9.47 Å². The molecule has 0 saturated heterocycles. The van der Waals surface area contributed by atoms with Gasteiger partial charge in [0.15, 0.2) is 17.2 Å². The number of rotatable bonds is 5. The Labute approximate surface area is 167 Å². The number of esters is 2. The molecule has 0 spiro atoms. The molecule has 0 bridgehead atoms. The first-order valence-electron chi connectivity index (χ1n) is 8.62. The largest absolute Gasteiger partial charge is 0.490 e. The molecule has 0 N–H and O–H groups in total. The van der Waals surface area contributed by atoms with Crippen molar-refractivity contribution >= 4 is 35.5 Å². The highest BCUT2D eigenvalue weighted by Crippen LogP contribution is 2.37. The van der Waals surface area contributed by atoms with Gasteiger partial charge >= 0.3 is 11.9 Å². The quantitative estimate of drug-likeness (QED) is 0.425. The maximum atomic E-state index is 12.2. The molecule has 0 amide bonds. The molecular weight excluding hydrogens is 382 g/mol. The van der Waals surface area contributed by atoms with Crippen LogP contribution in [0.15, 0.2) is 47.1 Å². The monoisotopic (exact) mass is 399 g/mol. The van der Waals surface area contributed by atoms with E-state index in [1.54, 1.807) is 25.1 Å². The molecular formula is C21H18ClNO5. The average Bonchev–Trinajstić information content (AvgIpc) is 2.99. The normalized spacial score (nSPS) is 14.6. The zero-order chi connectivity index (χ0) is 20.3. The molecule has 2 aromatic carbocycles. The molecule has 0 unspecified atom stereocenters. The van der Waals surface area contributed by atoms with Gasteiger partial charge in [-0.3, -0.25) is 4.79 Å². The van der Waals surface area contributed by atoms with Crippen LogP contribution in [0, 0.1) is 6.92 Å². The summed E-state index contributed by atoms with van der Waals surface area (Å²) in [6, 6.07) is 10.7. The van der Waals surface area contributed by atoms with Crippen LogP contribution in [-0.2, 0) is 14.3 Å². The minimum Gasteiger partial charge on any atom is -0.490 e. The van der Waals surface area contributed by atoms with E-state index in [4.69, 9.17) is 25.8 Å². The molecule has 0 fully saturated rings. The van der Waals surface area contributed by atoms with E-state index >= 15 is 0 Å². The Morgan fingerprint density at radius 2 is 2.04 bits per heavy atom. The smallest absolute Gasteiger partial charge is 0.363 e. The van der Waals surface area contributed by atoms with Crippen LogP contribution in [0.1, 0.15) is 30.5 Å². The van der Waals surface area contributed by atoms with Crippen molar-refractivity contribution in [3.05, 3.63) is 63.8 Å². The molecule has 1 heterocycles. The summed E-state index contributed by atoms with van der Waals surface area (Å²) in [5, 5.41) is 0.183. The summed E-state index contributed by atoms with van der Waals surface area (Å²) in [4.78, 5) is 27.9. The fourth-order valence-corrected chi connectivity index (χ4v) is 2.93. The topological polar surface area (TPSA) is 74.2 Å². The van der Waals surface area contributed by atoms with Crippen molar-refractivity contribution in [2.75, 3.05) is 6.61 Å². The molecule has 2 aromatic rings. The first-order valence-corrected chi connectivity index (χ1v) is 9.00. The van der Waals surface area contributed by atoms with Gasteiger partial charge in [0.2, 0.25) is 5.90 Å². The van der Waals surface area contributed by atoms with Gasteiger partial charge < -0.3 is 14.2 Å². The van der Waals surface area contributed by atoms with Crippen LogP contribution in [0.25, 0.3) is 6.08 Å². The van der Waals surface area contributed by atoms with Crippen molar-refractivity contribution in [2.45, 2.75) is 20.8 Å². The second-order valence-electron chi connectivity index (χ2n) is 6.01. The Morgan fingerprint density at radius 1 is 1.29 bits per heavy atom. The lowest BCUT2D eigenvalue weighted by Crippen LogP contribution is -2.06. The number of aryl methyl sites for hydroxylation is 1. The minimum absolute atomic E-state index is 0.135. The number of carbonyl (C=O) groups excluding carboxylic acids is 2. The number of hydrogen-bond acceptors (Lipinski definition) is 6. The maximum absolute atomic E-state index is 12.2. The third kappa shape index (κ3) is 4.23. The predicted molar refractivity (Wildman–Crippen MR) is 106 cm³/mol. The van der Waals surface area contributed by atoms with E-state index in [0.29, 0.717) is 17.9 Å². The number of cyclic esters (lactones) is 1. The zero-order valence-corrected chi connectivity index (χ0v) is 16.4. The van der Waals surface area contributed by atoms with Gasteiger partial charge in [0.25, 0.3) is 0 Å². The van der Waals surface area contributed by atoms with Crippen LogP contribution in [-0.4, -0.2) is 24.4 Å². The summed E-state index contributed by atoms with van der Waals surface area (Å²) < 4.78 is 15.9. The van der Waals surface area contributed by atoms with Gasteiger partial charge in [0, 0.05) is 12.5 Å². The van der Waals surface area contributed by atoms with E-state index in [1.165, 1.54) is 6.92 Å². The molecule has 7 heteroatoms. The summed E-state index contributed by atoms with van der Waals surface area (Å²) in [6.45, 7) is 5.33. The van der Waals surface area contributed by atoms with Crippen molar-refractivity contribution in [3.8, 4) is 11.5 Å². The first kappa shape index (κ1) is 19.6. The highest BCUT2D eigenvalue weighted by Gasteiger charge is 2.25. The van der Waals surface area contributed by atoms with Gasteiger partial charge in [-0.1, -0.05) is 29.8 Å². The minimum atomic E-state index is -0.559. The fraction of sp³-hybridized carbons (Fsp3) is 0.190. The van der Waals surface area contributed by atoms with Crippen LogP contribution in [0.4, 0.5) is 0 Å². The Hall–Kier alpha value is -3.12. The molecule has 0 saturated carbocycles. The van der Waals surface area contributed by atoms with Crippen molar-refractivity contribution in [1.29, 1.82) is 0 Å². The summed E-state index contributed by atoms with van der Waals surface area (Å²) in [5.41, 5.74) is 2.39. The lowest BCUT2D eigenvalue weighted by atomic mass is 10.1. The number of halogens is 1. The second kappa shape index (κ2) is 8.27. The van der Waals surface area contributed by atoms with Gasteiger partial charge in [-0.2, -0.15) is 0 Å². The lowest BCUT2D eigenvalue weighted by molar-refractivity contribution is -0.132. The van der Waals surface area contributed by atoms with Gasteiger partial charge in [-0.05, 0) is 49.2 Å². The number of ether oxygens (including phenoxy) is 3. The van der Waals surface area contributed by atoms with E-state index in [2.05, 4.69) is 4.99 Å². The van der Waals surface area contributed by atoms with Crippen LogP contribution >= 0.6 is 11.6 Å². The van der Waals surface area contributed by atoms with Gasteiger partial charge in [-0.15, -0.1) is 0 Å². The third-order valence-electron chi connectivity index (χ3n) is 3.88. The van der Waals surface area contributed by atoms with E-state index in [1.807, 2.05) is 31.2 Å². The van der Waals surface area contributed by atoms with E-state index < -0.39 is 11.9 Å². The predicted octanol–water partition coefficient (Wildman–Crippen LogP) is 4.32. The van der Waals surface area contributed by atoms with Crippen molar-refractivity contribution in [1.82, 2.24) is 0 Å². The van der Waals surface area contributed by atoms with Crippen LogP contribution in [0.5, 0.6) is 11.5 Å². The summed E-state index contributed by atoms with van der Waals surface area (Å²) in [7, 11) is 0. The second-order valence-corrected chi connectivity index (χ2v) is 6.41. The van der Waals surface area contributed by atoms with E-state index in [9.17, 15) is 9.59 Å². The number of aliphatic imine (C=N–C) groups is 1. The Morgan fingerprint density at radius 3 is 2.71 bits per heavy atom. The molecule has 1 aliphatic rings. The SMILES string of the molecule is CCOc1cc(C=C2N=C(c3ccccc3C)OC2=O)cc(Cl)c1OC(C)=O. The number of nitrogens with zero attached hydrogens (tertiary/aromatic N) is 1. The number of carbonyl (C=O) groups is 2. The van der Waals surface area contributed by atoms with Crippen molar-refractivity contribution < 1.29 is 23.8 Å². The highest BCUT2D eigenvalue weighted by atomic mass is 35.5. The van der Waals surface area contributed by atoms with E-state index in [0.717, 1.165) is 11.1 Å². The Kier molecular flexibility index (Phi) is 5.80. The zero-order valence-electron chi connectivity index (χ0n) is 15.6. The molecule has 1 aliphatic heterocycles. The molecule has 0 radical (unpaired) electrons. The van der Waals surface area contributed by atoms with Crippen molar-refractivity contribution in [3.63, 3.8) is 0 Å². The fourth-order valence-electron chi connectivity index (χ4n) is 2.67. The van der Waals surface area contributed by atoms with Gasteiger partial charge in [-0.25, -0.2) is 9.79 Å². The Bertz CT molecular complexity index is 1010. The lowest BCUT2D eigenvalue weighted by Gasteiger charge is -2.12. The number of hydrogen-bond donors (Lipinski definition) is 0. The summed E-state index contributed by atoms with van der Waals surface area (Å²) in [5.74, 6) is -0.387. The van der Waals surface area contributed by atoms with Crippen LogP contribution in [0.3, 0.4) is 0 Å². The number of benzene rings is 2. The van der Waals surface area contributed by atoms with Crippen LogP contribution in [0.2, 0.25) is 5.02 Å². The summed E-state index contributed by atoms with van der Waals surface area (Å²) >= 11 is 6.24. The molecule has 0 atom stereocenters. The first-order chi connectivity index (χ1) is 13.4. The van der Waals surface area contributed by atoms with Gasteiger partial charge in [0.1, 0.15) is 0 Å². The molecule has 0 aromatic heterocycles. The Balaban J connectivity index is 1.99. The molecule has 28 heavy (non-hydrogen) atoms. The standard InChI is InChI=1S/C21H18ClNO5/c1-4-26-18-11-14(9-16(22)19(18)27-13(3)24)10-17-21(25)28-20(23-17)15-8-6-5-7-12(15)2/h5-11H,4H2,1-3H3. The molecule has 3 rings (SSSR count). The van der Waals surface area contributed by atoms with Gasteiger partial charge in [0.05, 0.1) is 11.6 Å². The van der Waals surface area contributed by atoms with Crippen molar-refractivity contribution in [2.24, 2.45) is 4.99 Å². The molecule has 6 nitrogen and oxygen atoms in total. The molecule has 144 valence electrons. The highest BCUT2D eigenvalue weighted by molar-refractivity contribution is 6.32. The summed E-state index contributed by atoms with van der Waals surface area (Å²) in [6.07, 6.45) is 1.54. The van der Waals surface area contributed by atoms with E-state index in [-0.39, 0.29) is 22.4 Å². The molecule has 0 aliphatic carbocycles. The third-order valence-corrected chi connectivity index (χ3v) is 4.16. The average molecular weight is 400 g/mol.